The van der Waals surface area contributed by atoms with Gasteiger partial charge in [-0.05, 0) is 43.9 Å². The van der Waals surface area contributed by atoms with Crippen molar-refractivity contribution in [2.24, 2.45) is 23.5 Å². The SMILES string of the molecule is C.CCNC(=O)[C@@H](NC(=O)CC(O)[C@H](CC(C)C)NC(=O)[C@H](CC(N)=O)NC(=O)[C@H](CC(C)C)NC(=O)CCCC(=O)O)C(C)C. The fourth-order valence-corrected chi connectivity index (χ4v) is 4.54. The largest absolute Gasteiger partial charge is 0.481 e. The van der Waals surface area contributed by atoms with Gasteiger partial charge in [0.15, 0.2) is 0 Å². The van der Waals surface area contributed by atoms with E-state index in [0.29, 0.717) is 6.54 Å². The van der Waals surface area contributed by atoms with Gasteiger partial charge in [-0.1, -0.05) is 49.0 Å². The molecule has 9 N–H and O–H groups in total. The molecule has 0 aromatic heterocycles. The Bertz CT molecular complexity index is 1020. The maximum absolute atomic E-state index is 13.4. The molecular formula is C31H58N6O9. The number of aliphatic hydroxyl groups is 1. The van der Waals surface area contributed by atoms with Crippen LogP contribution in [0.1, 0.15) is 101 Å². The third kappa shape index (κ3) is 18.9. The van der Waals surface area contributed by atoms with Crippen LogP contribution in [0.15, 0.2) is 0 Å². The number of hydrogen-bond acceptors (Lipinski definition) is 8. The number of nitrogens with two attached hydrogens (primary N) is 1. The van der Waals surface area contributed by atoms with Gasteiger partial charge in [-0.3, -0.25) is 33.6 Å². The fourth-order valence-electron chi connectivity index (χ4n) is 4.54. The molecule has 0 rings (SSSR count). The second-order valence-electron chi connectivity index (χ2n) is 12.4. The van der Waals surface area contributed by atoms with Gasteiger partial charge in [0, 0.05) is 19.4 Å². The predicted octanol–water partition coefficient (Wildman–Crippen LogP) is 0.327. The van der Waals surface area contributed by atoms with E-state index in [0.717, 1.165) is 0 Å². The van der Waals surface area contributed by atoms with Crippen molar-refractivity contribution in [3.05, 3.63) is 0 Å². The smallest absolute Gasteiger partial charge is 0.303 e. The molecule has 0 aromatic carbocycles. The fraction of sp³-hybridized carbons (Fsp3) is 0.774. The molecule has 0 aliphatic carbocycles. The quantitative estimate of drug-likeness (QED) is 0.0797. The average Bonchev–Trinajstić information content (AvgIpc) is 2.89. The molecule has 0 saturated heterocycles. The standard InChI is InChI=1S/C30H54N6O9.CH4/c1-8-32-30(45)27(18(6)7)36-25(40)15-22(37)19(12-16(2)3)34-29(44)21(14-23(31)38)35-28(43)20(13-17(4)5)33-24(39)10-9-11-26(41)42;/h16-22,27,37H,8-15H2,1-7H3,(H2,31,38)(H,32,45)(H,33,39)(H,34,44)(H,35,43)(H,36,40)(H,41,42);1H4/t19-,20-,21-,22?,27-;/m0./s1. The van der Waals surface area contributed by atoms with Gasteiger partial charge >= 0.3 is 5.97 Å². The molecule has 0 bridgehead atoms. The Morgan fingerprint density at radius 1 is 0.696 bits per heavy atom. The summed E-state index contributed by atoms with van der Waals surface area (Å²) in [6.45, 7) is 13.0. The summed E-state index contributed by atoms with van der Waals surface area (Å²) in [6.07, 6.45) is -2.21. The molecule has 0 aromatic rings. The summed E-state index contributed by atoms with van der Waals surface area (Å²) in [6, 6.07) is -4.32. The molecular weight excluding hydrogens is 600 g/mol. The summed E-state index contributed by atoms with van der Waals surface area (Å²) in [5, 5.41) is 32.7. The molecule has 0 fully saturated rings. The van der Waals surface area contributed by atoms with Gasteiger partial charge in [0.1, 0.15) is 18.1 Å². The highest BCUT2D eigenvalue weighted by atomic mass is 16.4. The van der Waals surface area contributed by atoms with E-state index in [-0.39, 0.29) is 63.2 Å². The van der Waals surface area contributed by atoms with Crippen molar-refractivity contribution in [2.45, 2.75) is 131 Å². The molecule has 0 radical (unpaired) electrons. The van der Waals surface area contributed by atoms with Gasteiger partial charge in [-0.15, -0.1) is 0 Å². The van der Waals surface area contributed by atoms with Crippen LogP contribution in [0.5, 0.6) is 0 Å². The Kier molecular flexibility index (Phi) is 21.9. The molecule has 0 spiro atoms. The van der Waals surface area contributed by atoms with Crippen LogP contribution < -0.4 is 32.3 Å². The number of rotatable bonds is 22. The highest BCUT2D eigenvalue weighted by Gasteiger charge is 2.33. The molecule has 1 unspecified atom stereocenters. The van der Waals surface area contributed by atoms with E-state index in [1.165, 1.54) is 0 Å². The molecule has 0 heterocycles. The maximum Gasteiger partial charge on any atom is 0.303 e. The average molecular weight is 659 g/mol. The minimum Gasteiger partial charge on any atom is -0.481 e. The van der Waals surface area contributed by atoms with Crippen LogP contribution >= 0.6 is 0 Å². The summed E-state index contributed by atoms with van der Waals surface area (Å²) in [4.78, 5) is 86.7. The van der Waals surface area contributed by atoms with Crippen molar-refractivity contribution in [2.75, 3.05) is 6.54 Å². The van der Waals surface area contributed by atoms with Crippen LogP contribution in [-0.2, 0) is 33.6 Å². The van der Waals surface area contributed by atoms with Gasteiger partial charge in [0.05, 0.1) is 25.0 Å². The number of carbonyl (C=O) groups excluding carboxylic acids is 6. The number of hydrogen-bond donors (Lipinski definition) is 8. The Morgan fingerprint density at radius 2 is 1.26 bits per heavy atom. The first-order chi connectivity index (χ1) is 20.9. The Morgan fingerprint density at radius 3 is 1.74 bits per heavy atom. The molecule has 266 valence electrons. The molecule has 15 nitrogen and oxygen atoms in total. The first-order valence-corrected chi connectivity index (χ1v) is 15.5. The first-order valence-electron chi connectivity index (χ1n) is 15.5. The zero-order valence-electron chi connectivity index (χ0n) is 27.6. The van der Waals surface area contributed by atoms with Crippen molar-refractivity contribution in [3.63, 3.8) is 0 Å². The number of carboxylic acids is 1. The lowest BCUT2D eigenvalue weighted by atomic mass is 9.95. The highest BCUT2D eigenvalue weighted by molar-refractivity contribution is 5.94. The lowest BCUT2D eigenvalue weighted by molar-refractivity contribution is -0.137. The number of aliphatic carboxylic acids is 1. The summed E-state index contributed by atoms with van der Waals surface area (Å²) in [5.74, 6) is -5.35. The van der Waals surface area contributed by atoms with E-state index in [2.05, 4.69) is 26.6 Å². The van der Waals surface area contributed by atoms with Crippen LogP contribution in [0.3, 0.4) is 0 Å². The van der Waals surface area contributed by atoms with Crippen molar-refractivity contribution < 1.29 is 43.8 Å². The molecule has 0 saturated carbocycles. The molecule has 15 heteroatoms. The van der Waals surface area contributed by atoms with Crippen LogP contribution in [0.4, 0.5) is 0 Å². The zero-order valence-corrected chi connectivity index (χ0v) is 27.6. The lowest BCUT2D eigenvalue weighted by Gasteiger charge is -2.29. The van der Waals surface area contributed by atoms with Gasteiger partial charge in [0.25, 0.3) is 0 Å². The number of carboxylic acid groups (broad SMARTS) is 1. The highest BCUT2D eigenvalue weighted by Crippen LogP contribution is 2.13. The van der Waals surface area contributed by atoms with Gasteiger partial charge < -0.3 is 42.5 Å². The molecule has 46 heavy (non-hydrogen) atoms. The lowest BCUT2D eigenvalue weighted by Crippen LogP contribution is -2.57. The number of carbonyl (C=O) groups is 7. The third-order valence-corrected chi connectivity index (χ3v) is 6.72. The van der Waals surface area contributed by atoms with Crippen molar-refractivity contribution in [1.29, 1.82) is 0 Å². The maximum atomic E-state index is 13.4. The van der Waals surface area contributed by atoms with Crippen LogP contribution in [-0.4, -0.2) is 88.4 Å². The second-order valence-corrected chi connectivity index (χ2v) is 12.4. The minimum absolute atomic E-state index is 0. The molecule has 0 aliphatic heterocycles. The topological polar surface area (TPSA) is 246 Å². The van der Waals surface area contributed by atoms with E-state index >= 15 is 0 Å². The van der Waals surface area contributed by atoms with Crippen LogP contribution in [0.2, 0.25) is 0 Å². The van der Waals surface area contributed by atoms with Crippen LogP contribution in [0.25, 0.3) is 0 Å². The van der Waals surface area contributed by atoms with Crippen molar-refractivity contribution in [3.8, 4) is 0 Å². The predicted molar refractivity (Wildman–Crippen MR) is 173 cm³/mol. The Hall–Kier alpha value is -3.75. The summed E-state index contributed by atoms with van der Waals surface area (Å²) in [5.41, 5.74) is 5.35. The van der Waals surface area contributed by atoms with E-state index in [1.54, 1.807) is 20.8 Å². The number of likely N-dealkylation sites (N-methyl/N-ethyl adjacent to an activating group) is 1. The summed E-state index contributed by atoms with van der Waals surface area (Å²) in [7, 11) is 0. The first kappa shape index (κ1) is 44.4. The van der Waals surface area contributed by atoms with Crippen molar-refractivity contribution >= 4 is 41.4 Å². The van der Waals surface area contributed by atoms with E-state index in [9.17, 15) is 38.7 Å². The van der Waals surface area contributed by atoms with Gasteiger partial charge in [-0.2, -0.15) is 0 Å². The number of primary amides is 1. The second kappa shape index (κ2) is 22.7. The van der Waals surface area contributed by atoms with E-state index in [1.807, 2.05) is 27.7 Å². The normalized spacial score (nSPS) is 14.2. The van der Waals surface area contributed by atoms with Crippen LogP contribution in [0, 0.1) is 17.8 Å². The van der Waals surface area contributed by atoms with E-state index < -0.39 is 78.6 Å². The monoisotopic (exact) mass is 658 g/mol. The van der Waals surface area contributed by atoms with Gasteiger partial charge in [0.2, 0.25) is 35.4 Å². The number of nitrogens with one attached hydrogen (secondary N) is 5. The third-order valence-electron chi connectivity index (χ3n) is 6.72. The summed E-state index contributed by atoms with van der Waals surface area (Å²) >= 11 is 0. The zero-order chi connectivity index (χ0) is 34.9. The molecule has 6 amide bonds. The molecule has 0 aliphatic rings. The summed E-state index contributed by atoms with van der Waals surface area (Å²) < 4.78 is 0. The number of aliphatic hydroxyl groups excluding tert-OH is 1. The Labute approximate surface area is 273 Å². The number of amides is 6. The van der Waals surface area contributed by atoms with E-state index in [4.69, 9.17) is 10.8 Å². The van der Waals surface area contributed by atoms with Gasteiger partial charge in [-0.25, -0.2) is 0 Å². The molecule has 5 atom stereocenters. The minimum atomic E-state index is -1.45. The Balaban J connectivity index is 0. The van der Waals surface area contributed by atoms with Crippen molar-refractivity contribution in [1.82, 2.24) is 26.6 Å².